The molecule has 0 radical (unpaired) electrons. The van der Waals surface area contributed by atoms with Gasteiger partial charge in [0, 0.05) is 30.1 Å². The maximum absolute atomic E-state index is 13.2. The van der Waals surface area contributed by atoms with Crippen LogP contribution in [0.2, 0.25) is 0 Å². The van der Waals surface area contributed by atoms with Gasteiger partial charge in [-0.1, -0.05) is 6.07 Å². The fourth-order valence-corrected chi connectivity index (χ4v) is 1.72. The minimum atomic E-state index is -4.82. The highest BCUT2D eigenvalue weighted by Gasteiger charge is 2.44. The lowest BCUT2D eigenvalue weighted by Crippen LogP contribution is -2.26. The molecule has 0 saturated heterocycles. The molecule has 0 aliphatic carbocycles. The van der Waals surface area contributed by atoms with Crippen LogP contribution < -0.4 is 9.47 Å². The number of hydrogen-bond donors (Lipinski definition) is 0. The maximum Gasteiger partial charge on any atom is 0.429 e. The van der Waals surface area contributed by atoms with E-state index in [1.165, 1.54) is 19.4 Å². The number of halogens is 3. The van der Waals surface area contributed by atoms with Gasteiger partial charge in [-0.05, 0) is 6.07 Å². The zero-order valence-corrected chi connectivity index (χ0v) is 11.6. The SMILES string of the molecule is COc1ccc([N+](=O)[O-])c(OC(c2cccnc2)C(F)(F)F)n1. The fourth-order valence-electron chi connectivity index (χ4n) is 1.72. The Hall–Kier alpha value is -2.91. The Morgan fingerprint density at radius 3 is 2.57 bits per heavy atom. The topological polar surface area (TPSA) is 87.4 Å². The minimum Gasteiger partial charge on any atom is -0.481 e. The van der Waals surface area contributed by atoms with Crippen LogP contribution in [0.3, 0.4) is 0 Å². The zero-order chi connectivity index (χ0) is 17.0. The summed E-state index contributed by atoms with van der Waals surface area (Å²) in [4.78, 5) is 17.2. The largest absolute Gasteiger partial charge is 0.481 e. The van der Waals surface area contributed by atoms with Crippen LogP contribution >= 0.6 is 0 Å². The molecule has 0 aromatic carbocycles. The number of rotatable bonds is 5. The Bertz CT molecular complexity index is 695. The van der Waals surface area contributed by atoms with E-state index < -0.39 is 28.8 Å². The van der Waals surface area contributed by atoms with Crippen molar-refractivity contribution < 1.29 is 27.6 Å². The Morgan fingerprint density at radius 2 is 2.04 bits per heavy atom. The summed E-state index contributed by atoms with van der Waals surface area (Å²) >= 11 is 0. The Labute approximate surface area is 127 Å². The molecule has 0 spiro atoms. The summed E-state index contributed by atoms with van der Waals surface area (Å²) in [6.07, 6.45) is -5.01. The van der Waals surface area contributed by atoms with Crippen molar-refractivity contribution in [1.82, 2.24) is 9.97 Å². The molecule has 0 saturated carbocycles. The molecule has 10 heteroatoms. The van der Waals surface area contributed by atoms with Crippen molar-refractivity contribution in [2.75, 3.05) is 7.11 Å². The van der Waals surface area contributed by atoms with E-state index in [0.717, 1.165) is 24.4 Å². The van der Waals surface area contributed by atoms with E-state index >= 15 is 0 Å². The highest BCUT2D eigenvalue weighted by atomic mass is 19.4. The van der Waals surface area contributed by atoms with Crippen molar-refractivity contribution >= 4 is 5.69 Å². The molecule has 0 aliphatic rings. The monoisotopic (exact) mass is 329 g/mol. The lowest BCUT2D eigenvalue weighted by Gasteiger charge is -2.21. The van der Waals surface area contributed by atoms with Crippen molar-refractivity contribution in [3.8, 4) is 11.8 Å². The van der Waals surface area contributed by atoms with Crippen LogP contribution in [-0.4, -0.2) is 28.2 Å². The Kier molecular flexibility index (Phi) is 4.63. The van der Waals surface area contributed by atoms with Crippen molar-refractivity contribution in [3.63, 3.8) is 0 Å². The molecule has 2 heterocycles. The number of nitrogens with zero attached hydrogens (tertiary/aromatic N) is 3. The van der Waals surface area contributed by atoms with E-state index in [0.29, 0.717) is 0 Å². The van der Waals surface area contributed by atoms with Crippen molar-refractivity contribution in [2.45, 2.75) is 12.3 Å². The van der Waals surface area contributed by atoms with E-state index in [1.54, 1.807) is 0 Å². The number of ether oxygens (including phenoxy) is 2. The molecule has 7 nitrogen and oxygen atoms in total. The van der Waals surface area contributed by atoms with E-state index in [2.05, 4.69) is 9.97 Å². The molecular weight excluding hydrogens is 319 g/mol. The standard InChI is InChI=1S/C13H10F3N3O4/c1-22-10-5-4-9(19(20)21)12(18-10)23-11(13(14,15)16)8-3-2-6-17-7-8/h2-7,11H,1H3. The molecule has 0 bridgehead atoms. The molecule has 2 aromatic heterocycles. The summed E-state index contributed by atoms with van der Waals surface area (Å²) in [6, 6.07) is 4.55. The van der Waals surface area contributed by atoms with Crippen molar-refractivity contribution in [2.24, 2.45) is 0 Å². The van der Waals surface area contributed by atoms with Crippen LogP contribution in [0.15, 0.2) is 36.7 Å². The smallest absolute Gasteiger partial charge is 0.429 e. The molecule has 0 fully saturated rings. The number of pyridine rings is 2. The average molecular weight is 329 g/mol. The molecule has 1 atom stereocenters. The summed E-state index contributed by atoms with van der Waals surface area (Å²) in [5.41, 5.74) is -1.01. The summed E-state index contributed by atoms with van der Waals surface area (Å²) in [7, 11) is 1.22. The summed E-state index contributed by atoms with van der Waals surface area (Å²) < 4.78 is 49.2. The number of aromatic nitrogens is 2. The van der Waals surface area contributed by atoms with Gasteiger partial charge in [0.15, 0.2) is 0 Å². The van der Waals surface area contributed by atoms with Gasteiger partial charge < -0.3 is 9.47 Å². The van der Waals surface area contributed by atoms with Gasteiger partial charge in [0.25, 0.3) is 5.88 Å². The fraction of sp³-hybridized carbons (Fsp3) is 0.231. The van der Waals surface area contributed by atoms with Gasteiger partial charge in [-0.25, -0.2) is 0 Å². The third-order valence-corrected chi connectivity index (χ3v) is 2.73. The molecule has 0 amide bonds. The van der Waals surface area contributed by atoms with Gasteiger partial charge in [0.05, 0.1) is 12.0 Å². The van der Waals surface area contributed by atoms with E-state index in [-0.39, 0.29) is 11.4 Å². The van der Waals surface area contributed by atoms with Crippen molar-refractivity contribution in [1.29, 1.82) is 0 Å². The molecule has 2 aromatic rings. The minimum absolute atomic E-state index is 0.113. The molecule has 122 valence electrons. The zero-order valence-electron chi connectivity index (χ0n) is 11.6. The highest BCUT2D eigenvalue weighted by Crippen LogP contribution is 2.39. The quantitative estimate of drug-likeness (QED) is 0.619. The van der Waals surface area contributed by atoms with Crippen LogP contribution in [0.25, 0.3) is 0 Å². The Balaban J connectivity index is 2.46. The third-order valence-electron chi connectivity index (χ3n) is 2.73. The van der Waals surface area contributed by atoms with Gasteiger partial charge in [-0.2, -0.15) is 18.2 Å². The summed E-state index contributed by atoms with van der Waals surface area (Å²) in [5, 5.41) is 10.9. The van der Waals surface area contributed by atoms with E-state index in [1.807, 2.05) is 0 Å². The van der Waals surface area contributed by atoms with Crippen LogP contribution in [0.1, 0.15) is 11.7 Å². The van der Waals surface area contributed by atoms with Gasteiger partial charge >= 0.3 is 11.9 Å². The molecule has 0 N–H and O–H groups in total. The molecule has 0 aliphatic heterocycles. The van der Waals surface area contributed by atoms with Crippen LogP contribution in [0.4, 0.5) is 18.9 Å². The van der Waals surface area contributed by atoms with E-state index in [4.69, 9.17) is 9.47 Å². The second-order valence-corrected chi connectivity index (χ2v) is 4.26. The Morgan fingerprint density at radius 1 is 1.30 bits per heavy atom. The first kappa shape index (κ1) is 16.5. The lowest BCUT2D eigenvalue weighted by molar-refractivity contribution is -0.386. The van der Waals surface area contributed by atoms with Crippen LogP contribution in [-0.2, 0) is 0 Å². The van der Waals surface area contributed by atoms with Gasteiger partial charge in [0.1, 0.15) is 0 Å². The van der Waals surface area contributed by atoms with Crippen LogP contribution in [0, 0.1) is 10.1 Å². The molecule has 1 unspecified atom stereocenters. The predicted molar refractivity (Wildman–Crippen MR) is 71.1 cm³/mol. The van der Waals surface area contributed by atoms with Gasteiger partial charge in [0.2, 0.25) is 12.0 Å². The number of nitro groups is 1. The van der Waals surface area contributed by atoms with Crippen molar-refractivity contribution in [3.05, 3.63) is 52.3 Å². The first-order chi connectivity index (χ1) is 10.8. The molecule has 23 heavy (non-hydrogen) atoms. The predicted octanol–water partition coefficient (Wildman–Crippen LogP) is 3.08. The second-order valence-electron chi connectivity index (χ2n) is 4.26. The molecule has 2 rings (SSSR count). The number of alkyl halides is 3. The normalized spacial score (nSPS) is 12.5. The summed E-state index contributed by atoms with van der Waals surface area (Å²) in [5.74, 6) is -0.904. The molecular formula is C13H10F3N3O4. The summed E-state index contributed by atoms with van der Waals surface area (Å²) in [6.45, 7) is 0. The number of hydrogen-bond acceptors (Lipinski definition) is 6. The highest BCUT2D eigenvalue weighted by molar-refractivity contribution is 5.43. The van der Waals surface area contributed by atoms with Crippen LogP contribution in [0.5, 0.6) is 11.8 Å². The van der Waals surface area contributed by atoms with Gasteiger partial charge in [-0.15, -0.1) is 0 Å². The lowest BCUT2D eigenvalue weighted by atomic mass is 10.1. The third kappa shape index (κ3) is 3.84. The second kappa shape index (κ2) is 6.46. The maximum atomic E-state index is 13.2. The first-order valence-corrected chi connectivity index (χ1v) is 6.15. The van der Waals surface area contributed by atoms with E-state index in [9.17, 15) is 23.3 Å². The van der Waals surface area contributed by atoms with Gasteiger partial charge in [-0.3, -0.25) is 15.1 Å². The average Bonchev–Trinajstić information content (AvgIpc) is 2.51. The number of methoxy groups -OCH3 is 1. The first-order valence-electron chi connectivity index (χ1n) is 6.15.